The maximum atomic E-state index is 12.4. The molecule has 6 nitrogen and oxygen atoms in total. The maximum absolute atomic E-state index is 12.4. The second-order valence-electron chi connectivity index (χ2n) is 5.13. The summed E-state index contributed by atoms with van der Waals surface area (Å²) in [6, 6.07) is 13.6. The number of aromatic amines is 1. The summed E-state index contributed by atoms with van der Waals surface area (Å²) in [5.74, 6) is -0.981. The van der Waals surface area contributed by atoms with Gasteiger partial charge in [0.15, 0.2) is 0 Å². The van der Waals surface area contributed by atoms with E-state index in [-0.39, 0.29) is 18.1 Å². The van der Waals surface area contributed by atoms with Crippen LogP contribution in [0.25, 0.3) is 10.9 Å². The van der Waals surface area contributed by atoms with E-state index in [9.17, 15) is 9.59 Å². The Morgan fingerprint density at radius 3 is 2.65 bits per heavy atom. The Kier molecular flexibility index (Phi) is 3.82. The number of aliphatic hydroxyl groups is 1. The first-order chi connectivity index (χ1) is 11.1. The van der Waals surface area contributed by atoms with E-state index in [0.29, 0.717) is 11.4 Å². The van der Waals surface area contributed by atoms with Gasteiger partial charge in [-0.2, -0.15) is 0 Å². The molecule has 3 rings (SSSR count). The maximum Gasteiger partial charge on any atom is 0.272 e. The zero-order chi connectivity index (χ0) is 16.4. The number of aromatic nitrogens is 1. The molecule has 0 aliphatic carbocycles. The topological polar surface area (TPSA) is 108 Å². The molecule has 2 aromatic carbocycles. The molecule has 0 bridgehead atoms. The second kappa shape index (κ2) is 5.94. The van der Waals surface area contributed by atoms with Crippen molar-refractivity contribution in [3.8, 4) is 0 Å². The Hall–Kier alpha value is -3.12. The lowest BCUT2D eigenvalue weighted by atomic mass is 10.1. The SMILES string of the molecule is NC(=O)c1ccccc1NC(=O)c1cc2cc(CO)ccc2[nH]1. The Bertz CT molecular complexity index is 899. The van der Waals surface area contributed by atoms with Crippen molar-refractivity contribution >= 4 is 28.4 Å². The van der Waals surface area contributed by atoms with Crippen molar-refractivity contribution in [2.75, 3.05) is 5.32 Å². The zero-order valence-corrected chi connectivity index (χ0v) is 12.2. The minimum atomic E-state index is -0.606. The molecule has 0 aliphatic rings. The van der Waals surface area contributed by atoms with Crippen LogP contribution in [-0.4, -0.2) is 21.9 Å². The van der Waals surface area contributed by atoms with Gasteiger partial charge in [0.25, 0.3) is 11.8 Å². The number of hydrogen-bond acceptors (Lipinski definition) is 3. The number of para-hydroxylation sites is 1. The van der Waals surface area contributed by atoms with Crippen LogP contribution in [-0.2, 0) is 6.61 Å². The first-order valence-electron chi connectivity index (χ1n) is 7.01. The average Bonchev–Trinajstić information content (AvgIpc) is 2.98. The predicted octanol–water partition coefficient (Wildman–Crippen LogP) is 2.01. The Balaban J connectivity index is 1.90. The minimum absolute atomic E-state index is 0.0609. The summed E-state index contributed by atoms with van der Waals surface area (Å²) in [5.41, 5.74) is 7.82. The number of anilines is 1. The molecule has 5 N–H and O–H groups in total. The quantitative estimate of drug-likeness (QED) is 0.592. The summed E-state index contributed by atoms with van der Waals surface area (Å²) >= 11 is 0. The van der Waals surface area contributed by atoms with Crippen molar-refractivity contribution in [2.24, 2.45) is 5.73 Å². The molecule has 0 saturated heterocycles. The number of carbonyl (C=O) groups excluding carboxylic acids is 2. The number of nitrogens with two attached hydrogens (primary N) is 1. The molecule has 23 heavy (non-hydrogen) atoms. The van der Waals surface area contributed by atoms with Crippen LogP contribution in [0.1, 0.15) is 26.4 Å². The Morgan fingerprint density at radius 2 is 1.91 bits per heavy atom. The third-order valence-corrected chi connectivity index (χ3v) is 3.55. The van der Waals surface area contributed by atoms with Crippen molar-refractivity contribution in [3.05, 3.63) is 65.4 Å². The number of nitrogens with one attached hydrogen (secondary N) is 2. The fourth-order valence-electron chi connectivity index (χ4n) is 2.40. The van der Waals surface area contributed by atoms with E-state index in [0.717, 1.165) is 16.5 Å². The summed E-state index contributed by atoms with van der Waals surface area (Å²) in [6.07, 6.45) is 0. The lowest BCUT2D eigenvalue weighted by molar-refractivity contribution is 0.100. The van der Waals surface area contributed by atoms with Gasteiger partial charge in [0, 0.05) is 10.9 Å². The van der Waals surface area contributed by atoms with E-state index in [1.807, 2.05) is 0 Å². The summed E-state index contributed by atoms with van der Waals surface area (Å²) in [7, 11) is 0. The first-order valence-corrected chi connectivity index (χ1v) is 7.01. The first kappa shape index (κ1) is 14.8. The van der Waals surface area contributed by atoms with Crippen molar-refractivity contribution in [3.63, 3.8) is 0 Å². The fourth-order valence-corrected chi connectivity index (χ4v) is 2.40. The van der Waals surface area contributed by atoms with Gasteiger partial charge in [-0.1, -0.05) is 18.2 Å². The monoisotopic (exact) mass is 309 g/mol. The molecular formula is C17H15N3O3. The largest absolute Gasteiger partial charge is 0.392 e. The van der Waals surface area contributed by atoms with Gasteiger partial charge in [-0.3, -0.25) is 9.59 Å². The van der Waals surface area contributed by atoms with Crippen LogP contribution in [0.2, 0.25) is 0 Å². The second-order valence-corrected chi connectivity index (χ2v) is 5.13. The van der Waals surface area contributed by atoms with Crippen molar-refractivity contribution in [1.82, 2.24) is 4.98 Å². The predicted molar refractivity (Wildman–Crippen MR) is 87.1 cm³/mol. The number of fused-ring (bicyclic) bond motifs is 1. The Morgan fingerprint density at radius 1 is 1.13 bits per heavy atom. The number of primary amides is 1. The highest BCUT2D eigenvalue weighted by Gasteiger charge is 2.13. The molecule has 116 valence electrons. The molecule has 6 heteroatoms. The molecule has 1 heterocycles. The number of rotatable bonds is 4. The van der Waals surface area contributed by atoms with Crippen LogP contribution in [0.5, 0.6) is 0 Å². The van der Waals surface area contributed by atoms with Gasteiger partial charge in [0.2, 0.25) is 0 Å². The molecule has 0 atom stereocenters. The number of hydrogen-bond donors (Lipinski definition) is 4. The molecular weight excluding hydrogens is 294 g/mol. The molecule has 0 aliphatic heterocycles. The molecule has 2 amide bonds. The smallest absolute Gasteiger partial charge is 0.272 e. The lowest BCUT2D eigenvalue weighted by Crippen LogP contribution is -2.18. The lowest BCUT2D eigenvalue weighted by Gasteiger charge is -2.07. The fraction of sp³-hybridized carbons (Fsp3) is 0.0588. The number of aliphatic hydroxyl groups excluding tert-OH is 1. The third-order valence-electron chi connectivity index (χ3n) is 3.55. The summed E-state index contributed by atoms with van der Waals surface area (Å²) in [4.78, 5) is 26.8. The Labute approximate surface area is 131 Å². The van der Waals surface area contributed by atoms with Crippen LogP contribution in [0.15, 0.2) is 48.5 Å². The highest BCUT2D eigenvalue weighted by atomic mass is 16.3. The molecule has 0 radical (unpaired) electrons. The zero-order valence-electron chi connectivity index (χ0n) is 12.2. The van der Waals surface area contributed by atoms with E-state index in [1.165, 1.54) is 0 Å². The van der Waals surface area contributed by atoms with Crippen molar-refractivity contribution < 1.29 is 14.7 Å². The molecule has 0 spiro atoms. The van der Waals surface area contributed by atoms with Crippen LogP contribution in [0.4, 0.5) is 5.69 Å². The third kappa shape index (κ3) is 2.93. The number of benzene rings is 2. The molecule has 0 fully saturated rings. The van der Waals surface area contributed by atoms with E-state index in [2.05, 4.69) is 10.3 Å². The highest BCUT2D eigenvalue weighted by molar-refractivity contribution is 6.09. The van der Waals surface area contributed by atoms with Gasteiger partial charge in [-0.25, -0.2) is 0 Å². The number of H-pyrrole nitrogens is 1. The van der Waals surface area contributed by atoms with Gasteiger partial charge >= 0.3 is 0 Å². The van der Waals surface area contributed by atoms with Gasteiger partial charge in [0.1, 0.15) is 5.69 Å². The standard InChI is InChI=1S/C17H15N3O3/c18-16(22)12-3-1-2-4-14(12)20-17(23)15-8-11-7-10(9-21)5-6-13(11)19-15/h1-8,19,21H,9H2,(H2,18,22)(H,20,23). The van der Waals surface area contributed by atoms with Crippen LogP contribution >= 0.6 is 0 Å². The van der Waals surface area contributed by atoms with E-state index in [4.69, 9.17) is 10.8 Å². The minimum Gasteiger partial charge on any atom is -0.392 e. The van der Waals surface area contributed by atoms with Crippen LogP contribution in [0, 0.1) is 0 Å². The molecule has 0 saturated carbocycles. The van der Waals surface area contributed by atoms with E-state index in [1.54, 1.807) is 48.5 Å². The van der Waals surface area contributed by atoms with E-state index < -0.39 is 5.91 Å². The molecule has 3 aromatic rings. The summed E-state index contributed by atoms with van der Waals surface area (Å²) in [6.45, 7) is -0.0609. The van der Waals surface area contributed by atoms with Gasteiger partial charge in [-0.05, 0) is 35.9 Å². The summed E-state index contributed by atoms with van der Waals surface area (Å²) in [5, 5.41) is 12.7. The van der Waals surface area contributed by atoms with E-state index >= 15 is 0 Å². The summed E-state index contributed by atoms with van der Waals surface area (Å²) < 4.78 is 0. The highest BCUT2D eigenvalue weighted by Crippen LogP contribution is 2.20. The normalized spacial score (nSPS) is 10.7. The van der Waals surface area contributed by atoms with Crippen LogP contribution in [0.3, 0.4) is 0 Å². The number of carbonyl (C=O) groups is 2. The van der Waals surface area contributed by atoms with Crippen molar-refractivity contribution in [1.29, 1.82) is 0 Å². The molecule has 0 unspecified atom stereocenters. The number of amides is 2. The van der Waals surface area contributed by atoms with Crippen LogP contribution < -0.4 is 11.1 Å². The van der Waals surface area contributed by atoms with Gasteiger partial charge in [-0.15, -0.1) is 0 Å². The van der Waals surface area contributed by atoms with Gasteiger partial charge in [0.05, 0.1) is 17.9 Å². The molecule has 1 aromatic heterocycles. The van der Waals surface area contributed by atoms with Crippen molar-refractivity contribution in [2.45, 2.75) is 6.61 Å². The average molecular weight is 309 g/mol. The van der Waals surface area contributed by atoms with Gasteiger partial charge < -0.3 is 21.1 Å².